The monoisotopic (exact) mass is 413 g/mol. The summed E-state index contributed by atoms with van der Waals surface area (Å²) >= 11 is 0. The Bertz CT molecular complexity index is 1220. The highest BCUT2D eigenvalue weighted by molar-refractivity contribution is 6.31. The van der Waals surface area contributed by atoms with Crippen molar-refractivity contribution in [2.24, 2.45) is 0 Å². The molecule has 7 heteroatoms. The summed E-state index contributed by atoms with van der Waals surface area (Å²) in [4.78, 5) is 28.9. The molecule has 0 saturated heterocycles. The lowest BCUT2D eigenvalue weighted by molar-refractivity contribution is -0.114. The van der Waals surface area contributed by atoms with Crippen molar-refractivity contribution >= 4 is 29.5 Å². The zero-order chi connectivity index (χ0) is 21.8. The molecule has 154 valence electrons. The zero-order valence-electron chi connectivity index (χ0n) is 16.4. The molecule has 0 fully saturated rings. The minimum atomic E-state index is -0.496. The Kier molecular flexibility index (Phi) is 5.49. The van der Waals surface area contributed by atoms with E-state index >= 15 is 0 Å². The van der Waals surface area contributed by atoms with Gasteiger partial charge in [0.05, 0.1) is 11.3 Å². The van der Waals surface area contributed by atoms with Gasteiger partial charge in [0.25, 0.3) is 11.8 Å². The third-order valence-corrected chi connectivity index (χ3v) is 4.78. The molecule has 7 nitrogen and oxygen atoms in total. The molecule has 0 spiro atoms. The van der Waals surface area contributed by atoms with E-state index in [0.717, 1.165) is 11.3 Å². The normalized spacial score (nSPS) is 14.5. The molecule has 0 unspecified atom stereocenters. The molecule has 2 amide bonds. The molecule has 0 radical (unpaired) electrons. The molecule has 31 heavy (non-hydrogen) atoms. The standard InChI is InChI=1S/C24H19N3O4/c28-21-9-6-16(12-22(21)29)13-25-14-20-19-11-15(4-7-17-3-1-2-10-26-17)5-8-18(19)23(30)27-24(20)31/h1-12,14,25,28-29H,13H2,(H,27,30,31). The van der Waals surface area contributed by atoms with Crippen molar-refractivity contribution < 1.29 is 19.8 Å². The van der Waals surface area contributed by atoms with E-state index in [-0.39, 0.29) is 11.5 Å². The Morgan fingerprint density at radius 3 is 2.55 bits per heavy atom. The number of nitrogens with zero attached hydrogens (tertiary/aromatic N) is 1. The third-order valence-electron chi connectivity index (χ3n) is 4.78. The first-order chi connectivity index (χ1) is 15.0. The van der Waals surface area contributed by atoms with E-state index in [0.29, 0.717) is 28.8 Å². The summed E-state index contributed by atoms with van der Waals surface area (Å²) in [6.45, 7) is 0.313. The van der Waals surface area contributed by atoms with E-state index < -0.39 is 11.8 Å². The SMILES string of the molecule is O=C1NC(=O)c2ccc(C=Cc3ccccn3)cc2C1=CNCc1ccc(O)c(O)c1. The van der Waals surface area contributed by atoms with Gasteiger partial charge in [-0.2, -0.15) is 0 Å². The first-order valence-electron chi connectivity index (χ1n) is 9.55. The third kappa shape index (κ3) is 4.45. The van der Waals surface area contributed by atoms with Crippen molar-refractivity contribution in [2.45, 2.75) is 6.54 Å². The predicted molar refractivity (Wildman–Crippen MR) is 117 cm³/mol. The number of fused-ring (bicyclic) bond motifs is 1. The maximum Gasteiger partial charge on any atom is 0.260 e. The topological polar surface area (TPSA) is 112 Å². The van der Waals surface area contributed by atoms with Gasteiger partial charge in [-0.05, 0) is 53.6 Å². The van der Waals surface area contributed by atoms with E-state index in [1.54, 1.807) is 30.5 Å². The van der Waals surface area contributed by atoms with Crippen molar-refractivity contribution in [2.75, 3.05) is 0 Å². The molecular weight excluding hydrogens is 394 g/mol. The van der Waals surface area contributed by atoms with Gasteiger partial charge < -0.3 is 15.5 Å². The molecule has 3 aromatic rings. The summed E-state index contributed by atoms with van der Waals surface area (Å²) in [5, 5.41) is 24.4. The summed E-state index contributed by atoms with van der Waals surface area (Å²) < 4.78 is 0. The summed E-state index contributed by atoms with van der Waals surface area (Å²) in [6, 6.07) is 15.3. The molecule has 1 aromatic heterocycles. The highest BCUT2D eigenvalue weighted by Gasteiger charge is 2.27. The number of hydrogen-bond acceptors (Lipinski definition) is 6. The average Bonchev–Trinajstić information content (AvgIpc) is 2.77. The fourth-order valence-corrected chi connectivity index (χ4v) is 3.20. The molecule has 0 aliphatic carbocycles. The van der Waals surface area contributed by atoms with Crippen LogP contribution in [0.15, 0.2) is 67.0 Å². The van der Waals surface area contributed by atoms with Gasteiger partial charge in [-0.3, -0.25) is 19.9 Å². The number of benzene rings is 2. The molecule has 0 bridgehead atoms. The average molecular weight is 413 g/mol. The summed E-state index contributed by atoms with van der Waals surface area (Å²) in [5.74, 6) is -1.36. The number of pyridine rings is 1. The van der Waals surface area contributed by atoms with Crippen molar-refractivity contribution in [3.8, 4) is 11.5 Å². The van der Waals surface area contributed by atoms with Crippen LogP contribution in [0.1, 0.15) is 32.7 Å². The van der Waals surface area contributed by atoms with Crippen LogP contribution in [0.2, 0.25) is 0 Å². The number of rotatable bonds is 5. The van der Waals surface area contributed by atoms with Crippen molar-refractivity contribution in [3.63, 3.8) is 0 Å². The second-order valence-electron chi connectivity index (χ2n) is 6.94. The van der Waals surface area contributed by atoms with Crippen LogP contribution in [0.3, 0.4) is 0 Å². The fraction of sp³-hybridized carbons (Fsp3) is 0.0417. The van der Waals surface area contributed by atoms with Crippen LogP contribution in [0.25, 0.3) is 17.7 Å². The number of aromatic nitrogens is 1. The van der Waals surface area contributed by atoms with E-state index in [9.17, 15) is 19.8 Å². The number of aromatic hydroxyl groups is 2. The van der Waals surface area contributed by atoms with Crippen LogP contribution >= 0.6 is 0 Å². The molecular formula is C24H19N3O4. The van der Waals surface area contributed by atoms with Gasteiger partial charge in [0.2, 0.25) is 0 Å². The van der Waals surface area contributed by atoms with Crippen molar-refractivity contribution in [3.05, 3.63) is 94.9 Å². The highest BCUT2D eigenvalue weighted by Crippen LogP contribution is 2.27. The van der Waals surface area contributed by atoms with Crippen LogP contribution in [0, 0.1) is 0 Å². The number of hydrogen-bond donors (Lipinski definition) is 4. The van der Waals surface area contributed by atoms with Gasteiger partial charge in [0.15, 0.2) is 11.5 Å². The maximum absolute atomic E-state index is 12.5. The summed E-state index contributed by atoms with van der Waals surface area (Å²) in [7, 11) is 0. The van der Waals surface area contributed by atoms with Gasteiger partial charge in [-0.1, -0.05) is 24.3 Å². The minimum absolute atomic E-state index is 0.201. The van der Waals surface area contributed by atoms with Crippen molar-refractivity contribution in [1.82, 2.24) is 15.6 Å². The predicted octanol–water partition coefficient (Wildman–Crippen LogP) is 3.06. The van der Waals surface area contributed by atoms with Gasteiger partial charge >= 0.3 is 0 Å². The molecule has 2 heterocycles. The Balaban J connectivity index is 1.60. The number of carbonyl (C=O) groups is 2. The Morgan fingerprint density at radius 2 is 1.77 bits per heavy atom. The number of phenols is 2. The van der Waals surface area contributed by atoms with E-state index in [4.69, 9.17) is 0 Å². The summed E-state index contributed by atoms with van der Waals surface area (Å²) in [6.07, 6.45) is 6.96. The first-order valence-corrected chi connectivity index (χ1v) is 9.55. The fourth-order valence-electron chi connectivity index (χ4n) is 3.20. The lowest BCUT2D eigenvalue weighted by Gasteiger charge is -2.19. The largest absolute Gasteiger partial charge is 0.504 e. The van der Waals surface area contributed by atoms with Gasteiger partial charge in [-0.15, -0.1) is 0 Å². The lowest BCUT2D eigenvalue weighted by atomic mass is 9.93. The van der Waals surface area contributed by atoms with Gasteiger partial charge in [0, 0.05) is 30.1 Å². The van der Waals surface area contributed by atoms with Crippen LogP contribution in [-0.2, 0) is 11.3 Å². The van der Waals surface area contributed by atoms with E-state index in [1.165, 1.54) is 18.3 Å². The van der Waals surface area contributed by atoms with Crippen molar-refractivity contribution in [1.29, 1.82) is 0 Å². The number of nitrogens with one attached hydrogen (secondary N) is 2. The van der Waals surface area contributed by atoms with Gasteiger partial charge in [-0.25, -0.2) is 0 Å². The molecule has 4 N–H and O–H groups in total. The molecule has 1 aliphatic heterocycles. The van der Waals surface area contributed by atoms with E-state index in [1.807, 2.05) is 30.4 Å². The maximum atomic E-state index is 12.5. The molecule has 2 aromatic carbocycles. The molecule has 1 aliphatic rings. The number of phenolic OH excluding ortho intramolecular Hbond substituents is 2. The Hall–Kier alpha value is -4.39. The number of amides is 2. The second kappa shape index (κ2) is 8.54. The quantitative estimate of drug-likeness (QED) is 0.291. The number of imide groups is 1. The summed E-state index contributed by atoms with van der Waals surface area (Å²) in [5.41, 5.74) is 3.59. The van der Waals surface area contributed by atoms with Crippen LogP contribution < -0.4 is 10.6 Å². The lowest BCUT2D eigenvalue weighted by Crippen LogP contribution is -2.37. The first kappa shape index (κ1) is 19.9. The van der Waals surface area contributed by atoms with Gasteiger partial charge in [0.1, 0.15) is 0 Å². The molecule has 0 saturated carbocycles. The van der Waals surface area contributed by atoms with Crippen LogP contribution in [0.5, 0.6) is 11.5 Å². The smallest absolute Gasteiger partial charge is 0.260 e. The Morgan fingerprint density at radius 1 is 0.903 bits per heavy atom. The zero-order valence-corrected chi connectivity index (χ0v) is 16.4. The minimum Gasteiger partial charge on any atom is -0.504 e. The number of carbonyl (C=O) groups excluding carboxylic acids is 2. The molecule has 0 atom stereocenters. The van der Waals surface area contributed by atoms with Crippen LogP contribution in [0.4, 0.5) is 0 Å². The van der Waals surface area contributed by atoms with Crippen LogP contribution in [-0.4, -0.2) is 27.0 Å². The van der Waals surface area contributed by atoms with E-state index in [2.05, 4.69) is 15.6 Å². The Labute approximate surface area is 178 Å². The molecule has 4 rings (SSSR count). The second-order valence-corrected chi connectivity index (χ2v) is 6.94. The highest BCUT2D eigenvalue weighted by atomic mass is 16.3.